The number of carbonyl (C=O) groups is 2. The molecule has 0 spiro atoms. The van der Waals surface area contributed by atoms with Crippen LogP contribution in [0.15, 0.2) is 18.2 Å². The van der Waals surface area contributed by atoms with Crippen molar-refractivity contribution in [1.82, 2.24) is 5.32 Å². The molecule has 3 N–H and O–H groups in total. The van der Waals surface area contributed by atoms with Crippen LogP contribution in [0.5, 0.6) is 5.75 Å². The molecule has 1 aliphatic rings. The van der Waals surface area contributed by atoms with Gasteiger partial charge in [-0.1, -0.05) is 19.4 Å². The molecule has 1 heterocycles. The Morgan fingerprint density at radius 3 is 3.00 bits per heavy atom. The smallest absolute Gasteiger partial charge is 0.303 e. The molecule has 0 bridgehead atoms. The first-order chi connectivity index (χ1) is 10.1. The second-order valence-corrected chi connectivity index (χ2v) is 5.04. The maximum absolute atomic E-state index is 12.3. The first kappa shape index (κ1) is 15.2. The second kappa shape index (κ2) is 6.97. The van der Waals surface area contributed by atoms with E-state index < -0.39 is 5.97 Å². The van der Waals surface area contributed by atoms with Crippen molar-refractivity contribution in [2.75, 3.05) is 25.0 Å². The van der Waals surface area contributed by atoms with Gasteiger partial charge in [-0.3, -0.25) is 9.59 Å². The minimum absolute atomic E-state index is 0.0573. The molecule has 0 fully saturated rings. The summed E-state index contributed by atoms with van der Waals surface area (Å²) in [5.74, 6) is -0.585. The van der Waals surface area contributed by atoms with E-state index >= 15 is 0 Å². The fourth-order valence-corrected chi connectivity index (χ4v) is 2.29. The van der Waals surface area contributed by atoms with Gasteiger partial charge in [0, 0.05) is 19.5 Å². The summed E-state index contributed by atoms with van der Waals surface area (Å²) in [6, 6.07) is 5.37. The lowest BCUT2D eigenvalue weighted by atomic mass is 10.0. The third-order valence-corrected chi connectivity index (χ3v) is 3.52. The molecule has 114 valence electrons. The lowest BCUT2D eigenvalue weighted by Gasteiger charge is -2.21. The standard InChI is InChI=1S/C15H20N2O4/c1-2-10(8-13(18)19)9-17-15(20)11-4-3-5-12-14(11)21-7-6-16-12/h3-5,10,16H,2,6-9H2,1H3,(H,17,20)(H,18,19). The number of hydrogen-bond acceptors (Lipinski definition) is 4. The fourth-order valence-electron chi connectivity index (χ4n) is 2.29. The number of nitrogens with one attached hydrogen (secondary N) is 2. The normalized spacial score (nSPS) is 14.3. The molecule has 21 heavy (non-hydrogen) atoms. The summed E-state index contributed by atoms with van der Waals surface area (Å²) in [7, 11) is 0. The van der Waals surface area contributed by atoms with Gasteiger partial charge < -0.3 is 20.5 Å². The van der Waals surface area contributed by atoms with Crippen LogP contribution < -0.4 is 15.4 Å². The van der Waals surface area contributed by atoms with Crippen LogP contribution in [0.4, 0.5) is 5.69 Å². The minimum atomic E-state index is -0.847. The average molecular weight is 292 g/mol. The summed E-state index contributed by atoms with van der Waals surface area (Å²) in [4.78, 5) is 23.0. The highest BCUT2D eigenvalue weighted by atomic mass is 16.5. The molecule has 0 aromatic heterocycles. The molecule has 0 saturated heterocycles. The Kier molecular flexibility index (Phi) is 5.03. The first-order valence-electron chi connectivity index (χ1n) is 7.11. The Morgan fingerprint density at radius 2 is 2.29 bits per heavy atom. The van der Waals surface area contributed by atoms with Gasteiger partial charge in [-0.2, -0.15) is 0 Å². The van der Waals surface area contributed by atoms with Crippen molar-refractivity contribution in [3.63, 3.8) is 0 Å². The third kappa shape index (κ3) is 3.87. The van der Waals surface area contributed by atoms with E-state index in [9.17, 15) is 9.59 Å². The molecule has 1 amide bonds. The van der Waals surface area contributed by atoms with E-state index in [1.54, 1.807) is 12.1 Å². The minimum Gasteiger partial charge on any atom is -0.489 e. The molecule has 6 heteroatoms. The quantitative estimate of drug-likeness (QED) is 0.743. The van der Waals surface area contributed by atoms with E-state index in [0.717, 1.165) is 5.69 Å². The number of rotatable bonds is 6. The highest BCUT2D eigenvalue weighted by molar-refractivity contribution is 5.99. The summed E-state index contributed by atoms with van der Waals surface area (Å²) in [5.41, 5.74) is 1.29. The highest BCUT2D eigenvalue weighted by Gasteiger charge is 2.20. The molecular formula is C15H20N2O4. The van der Waals surface area contributed by atoms with Crippen LogP contribution >= 0.6 is 0 Å². The number of carboxylic acid groups (broad SMARTS) is 1. The van der Waals surface area contributed by atoms with Crippen molar-refractivity contribution < 1.29 is 19.4 Å². The monoisotopic (exact) mass is 292 g/mol. The molecular weight excluding hydrogens is 272 g/mol. The highest BCUT2D eigenvalue weighted by Crippen LogP contribution is 2.31. The number of amides is 1. The van der Waals surface area contributed by atoms with Crippen molar-refractivity contribution in [3.05, 3.63) is 23.8 Å². The van der Waals surface area contributed by atoms with Crippen molar-refractivity contribution >= 4 is 17.6 Å². The Balaban J connectivity index is 2.02. The van der Waals surface area contributed by atoms with Gasteiger partial charge in [0.15, 0.2) is 5.75 Å². The number of ether oxygens (including phenoxy) is 1. The Hall–Kier alpha value is -2.24. The SMILES string of the molecule is CCC(CNC(=O)c1cccc2c1OCCN2)CC(=O)O. The molecule has 1 aromatic carbocycles. The van der Waals surface area contributed by atoms with Crippen molar-refractivity contribution in [2.24, 2.45) is 5.92 Å². The van der Waals surface area contributed by atoms with E-state index in [4.69, 9.17) is 9.84 Å². The summed E-state index contributed by atoms with van der Waals surface area (Å²) in [6.45, 7) is 3.50. The van der Waals surface area contributed by atoms with Gasteiger partial charge in [-0.05, 0) is 18.1 Å². The number of fused-ring (bicyclic) bond motifs is 1. The Labute approximate surface area is 123 Å². The zero-order chi connectivity index (χ0) is 15.2. The van der Waals surface area contributed by atoms with E-state index in [-0.39, 0.29) is 18.2 Å². The van der Waals surface area contributed by atoms with E-state index in [1.807, 2.05) is 13.0 Å². The van der Waals surface area contributed by atoms with Crippen LogP contribution in [0.3, 0.4) is 0 Å². The predicted octanol–water partition coefficient (Wildman–Crippen LogP) is 1.72. The zero-order valence-corrected chi connectivity index (χ0v) is 12.0. The number of hydrogen-bond donors (Lipinski definition) is 3. The summed E-state index contributed by atoms with van der Waals surface area (Å²) in [5, 5.41) is 14.8. The third-order valence-electron chi connectivity index (χ3n) is 3.52. The number of carboxylic acids is 1. The lowest BCUT2D eigenvalue weighted by molar-refractivity contribution is -0.138. The van der Waals surface area contributed by atoms with Gasteiger partial charge in [-0.25, -0.2) is 0 Å². The predicted molar refractivity (Wildman–Crippen MR) is 78.8 cm³/mol. The maximum Gasteiger partial charge on any atom is 0.303 e. The lowest BCUT2D eigenvalue weighted by Crippen LogP contribution is -2.31. The summed E-state index contributed by atoms with van der Waals surface area (Å²) >= 11 is 0. The molecule has 0 radical (unpaired) electrons. The van der Waals surface area contributed by atoms with Gasteiger partial charge in [0.05, 0.1) is 11.3 Å². The molecule has 6 nitrogen and oxygen atoms in total. The molecule has 1 atom stereocenters. The van der Waals surface area contributed by atoms with Crippen molar-refractivity contribution in [2.45, 2.75) is 19.8 Å². The van der Waals surface area contributed by atoms with Crippen molar-refractivity contribution in [1.29, 1.82) is 0 Å². The summed E-state index contributed by atoms with van der Waals surface area (Å²) < 4.78 is 5.56. The van der Waals surface area contributed by atoms with Crippen LogP contribution in [0.2, 0.25) is 0 Å². The van der Waals surface area contributed by atoms with Crippen LogP contribution in [0, 0.1) is 5.92 Å². The van der Waals surface area contributed by atoms with Crippen LogP contribution in [0.1, 0.15) is 30.1 Å². The van der Waals surface area contributed by atoms with Gasteiger partial charge in [-0.15, -0.1) is 0 Å². The van der Waals surface area contributed by atoms with Gasteiger partial charge in [0.1, 0.15) is 6.61 Å². The van der Waals surface area contributed by atoms with Crippen LogP contribution in [0.25, 0.3) is 0 Å². The van der Waals surface area contributed by atoms with Gasteiger partial charge in [0.25, 0.3) is 5.91 Å². The molecule has 1 unspecified atom stereocenters. The Morgan fingerprint density at radius 1 is 1.48 bits per heavy atom. The van der Waals surface area contributed by atoms with Crippen LogP contribution in [-0.4, -0.2) is 36.7 Å². The fraction of sp³-hybridized carbons (Fsp3) is 0.467. The number of para-hydroxylation sites is 1. The van der Waals surface area contributed by atoms with E-state index in [0.29, 0.717) is 37.4 Å². The number of aliphatic carboxylic acids is 1. The Bertz CT molecular complexity index is 530. The molecule has 0 saturated carbocycles. The molecule has 2 rings (SSSR count). The van der Waals surface area contributed by atoms with Gasteiger partial charge in [0.2, 0.25) is 0 Å². The van der Waals surface area contributed by atoms with E-state index in [2.05, 4.69) is 10.6 Å². The van der Waals surface area contributed by atoms with Crippen LogP contribution in [-0.2, 0) is 4.79 Å². The second-order valence-electron chi connectivity index (χ2n) is 5.04. The average Bonchev–Trinajstić information content (AvgIpc) is 2.50. The molecule has 1 aliphatic heterocycles. The largest absolute Gasteiger partial charge is 0.489 e. The maximum atomic E-state index is 12.3. The zero-order valence-electron chi connectivity index (χ0n) is 12.0. The number of anilines is 1. The molecule has 0 aliphatic carbocycles. The van der Waals surface area contributed by atoms with E-state index in [1.165, 1.54) is 0 Å². The summed E-state index contributed by atoms with van der Waals surface area (Å²) in [6.07, 6.45) is 0.763. The van der Waals surface area contributed by atoms with Crippen molar-refractivity contribution in [3.8, 4) is 5.75 Å². The number of carbonyl (C=O) groups excluding carboxylic acids is 1. The first-order valence-corrected chi connectivity index (χ1v) is 7.11. The number of benzene rings is 1. The topological polar surface area (TPSA) is 87.7 Å². The van der Waals surface area contributed by atoms with Gasteiger partial charge >= 0.3 is 5.97 Å². The molecule has 1 aromatic rings.